The second-order valence-corrected chi connectivity index (χ2v) is 7.71. The van der Waals surface area contributed by atoms with E-state index in [2.05, 4.69) is 0 Å². The number of nitrogens with zero attached hydrogens (tertiary/aromatic N) is 4. The van der Waals surface area contributed by atoms with E-state index in [1.54, 1.807) is 47.1 Å². The van der Waals surface area contributed by atoms with E-state index in [1.807, 2.05) is 6.07 Å². The molecule has 2 aliphatic heterocycles. The summed E-state index contributed by atoms with van der Waals surface area (Å²) in [5, 5.41) is 11.2. The summed E-state index contributed by atoms with van der Waals surface area (Å²) in [6.45, 7) is 2.42. The van der Waals surface area contributed by atoms with Crippen molar-refractivity contribution in [2.24, 2.45) is 0 Å². The molecule has 0 bridgehead atoms. The number of carbonyl (C=O) groups is 3. The van der Waals surface area contributed by atoms with Crippen LogP contribution in [0.15, 0.2) is 48.5 Å². The maximum atomic E-state index is 12.9. The molecule has 2 aliphatic rings. The highest BCUT2D eigenvalue weighted by Gasteiger charge is 2.42. The third kappa shape index (κ3) is 3.74. The van der Waals surface area contributed by atoms with Crippen LogP contribution in [0.2, 0.25) is 0 Å². The van der Waals surface area contributed by atoms with Crippen LogP contribution in [0.1, 0.15) is 28.8 Å². The van der Waals surface area contributed by atoms with Crippen molar-refractivity contribution in [3.8, 4) is 0 Å². The number of amides is 4. The number of hydrogen-bond donors (Lipinski definition) is 0. The fourth-order valence-electron chi connectivity index (χ4n) is 4.24. The van der Waals surface area contributed by atoms with E-state index < -0.39 is 4.92 Å². The first kappa shape index (κ1) is 20.5. The van der Waals surface area contributed by atoms with Crippen molar-refractivity contribution in [1.29, 1.82) is 0 Å². The number of urea groups is 1. The summed E-state index contributed by atoms with van der Waals surface area (Å²) in [7, 11) is 0. The van der Waals surface area contributed by atoms with E-state index in [1.165, 1.54) is 17.0 Å². The van der Waals surface area contributed by atoms with Crippen molar-refractivity contribution in [3.05, 3.63) is 69.8 Å². The highest BCUT2D eigenvalue weighted by atomic mass is 16.6. The van der Waals surface area contributed by atoms with Gasteiger partial charge < -0.3 is 9.80 Å². The van der Waals surface area contributed by atoms with E-state index in [0.717, 1.165) is 0 Å². The van der Waals surface area contributed by atoms with Gasteiger partial charge in [-0.3, -0.25) is 19.7 Å². The number of carbonyl (C=O) groups excluding carboxylic acids is 3. The molecule has 2 heterocycles. The van der Waals surface area contributed by atoms with Crippen LogP contribution in [0.25, 0.3) is 0 Å². The molecule has 0 aliphatic carbocycles. The van der Waals surface area contributed by atoms with Crippen LogP contribution in [0.5, 0.6) is 0 Å². The molecule has 0 N–H and O–H groups in total. The van der Waals surface area contributed by atoms with Crippen LogP contribution in [-0.4, -0.2) is 58.2 Å². The minimum Gasteiger partial charge on any atom is -0.338 e. The van der Waals surface area contributed by atoms with Crippen molar-refractivity contribution in [3.63, 3.8) is 0 Å². The predicted octanol–water partition coefficient (Wildman–Crippen LogP) is 2.98. The molecule has 0 atom stereocenters. The fourth-order valence-corrected chi connectivity index (χ4v) is 4.24. The average molecular weight is 422 g/mol. The summed E-state index contributed by atoms with van der Waals surface area (Å²) in [4.78, 5) is 53.4. The summed E-state index contributed by atoms with van der Waals surface area (Å²) in [5.41, 5.74) is 1.13. The normalized spacial score (nSPS) is 17.4. The number of imide groups is 1. The number of likely N-dealkylation sites (tertiary alicyclic amines) is 1. The monoisotopic (exact) mass is 422 g/mol. The lowest BCUT2D eigenvalue weighted by molar-refractivity contribution is -0.385. The Balaban J connectivity index is 1.43. The van der Waals surface area contributed by atoms with Crippen LogP contribution in [0.4, 0.5) is 16.2 Å². The lowest BCUT2D eigenvalue weighted by atomic mass is 10.0. The van der Waals surface area contributed by atoms with Gasteiger partial charge in [-0.2, -0.15) is 0 Å². The van der Waals surface area contributed by atoms with Gasteiger partial charge in [0.15, 0.2) is 0 Å². The van der Waals surface area contributed by atoms with E-state index in [0.29, 0.717) is 42.7 Å². The molecule has 160 valence electrons. The van der Waals surface area contributed by atoms with Crippen LogP contribution >= 0.6 is 0 Å². The Kier molecular flexibility index (Phi) is 5.41. The number of rotatable bonds is 4. The smallest absolute Gasteiger partial charge is 0.332 e. The summed E-state index contributed by atoms with van der Waals surface area (Å²) in [5.74, 6) is -0.517. The summed E-state index contributed by atoms with van der Waals surface area (Å²) >= 11 is 0. The SMILES string of the molecule is Cc1c(C(=O)N2CCC(N3CC(=O)N(c4ccccc4)C3=O)CC2)cccc1[N+](=O)[O-]. The van der Waals surface area contributed by atoms with Gasteiger partial charge in [-0.15, -0.1) is 0 Å². The van der Waals surface area contributed by atoms with Gasteiger partial charge in [-0.1, -0.05) is 24.3 Å². The van der Waals surface area contributed by atoms with Crippen molar-refractivity contribution in [2.75, 3.05) is 24.5 Å². The molecule has 0 spiro atoms. The van der Waals surface area contributed by atoms with Crippen molar-refractivity contribution >= 4 is 29.2 Å². The van der Waals surface area contributed by atoms with E-state index in [9.17, 15) is 24.5 Å². The zero-order valence-electron chi connectivity index (χ0n) is 17.1. The molecule has 2 fully saturated rings. The molecule has 0 saturated carbocycles. The number of benzene rings is 2. The minimum atomic E-state index is -0.493. The van der Waals surface area contributed by atoms with E-state index in [-0.39, 0.29) is 36.1 Å². The Morgan fingerprint density at radius 1 is 1.03 bits per heavy atom. The molecule has 9 heteroatoms. The fraction of sp³-hybridized carbons (Fsp3) is 0.318. The number of para-hydroxylation sites is 1. The lowest BCUT2D eigenvalue weighted by Crippen LogP contribution is -2.48. The van der Waals surface area contributed by atoms with Gasteiger partial charge in [0.2, 0.25) is 0 Å². The lowest BCUT2D eigenvalue weighted by Gasteiger charge is -2.36. The standard InChI is InChI=1S/C22H22N4O5/c1-15-18(8-5-9-19(15)26(30)31)21(28)23-12-10-16(11-13-23)24-14-20(27)25(22(24)29)17-6-3-2-4-7-17/h2-9,16H,10-14H2,1H3. The molecule has 2 aromatic rings. The van der Waals surface area contributed by atoms with Gasteiger partial charge in [-0.05, 0) is 38.0 Å². The molecule has 4 amide bonds. The molecule has 9 nitrogen and oxygen atoms in total. The molecule has 2 aromatic carbocycles. The number of hydrogen-bond acceptors (Lipinski definition) is 5. The molecule has 0 unspecified atom stereocenters. The Morgan fingerprint density at radius 2 is 1.71 bits per heavy atom. The van der Waals surface area contributed by atoms with Crippen LogP contribution in [0.3, 0.4) is 0 Å². The number of nitro benzene ring substituents is 1. The van der Waals surface area contributed by atoms with E-state index >= 15 is 0 Å². The van der Waals surface area contributed by atoms with E-state index in [4.69, 9.17) is 0 Å². The molecule has 4 rings (SSSR count). The van der Waals surface area contributed by atoms with Crippen LogP contribution in [0, 0.1) is 17.0 Å². The topological polar surface area (TPSA) is 104 Å². The van der Waals surface area contributed by atoms with Gasteiger partial charge in [0, 0.05) is 36.3 Å². The molecule has 31 heavy (non-hydrogen) atoms. The zero-order chi connectivity index (χ0) is 22.1. The quantitative estimate of drug-likeness (QED) is 0.428. The Hall–Kier alpha value is -3.75. The largest absolute Gasteiger partial charge is 0.338 e. The Morgan fingerprint density at radius 3 is 2.35 bits per heavy atom. The van der Waals surface area contributed by atoms with Gasteiger partial charge in [0.1, 0.15) is 6.54 Å². The minimum absolute atomic E-state index is 0.0241. The second kappa shape index (κ2) is 8.17. The summed E-state index contributed by atoms with van der Waals surface area (Å²) < 4.78 is 0. The van der Waals surface area contributed by atoms with Crippen molar-refractivity contribution in [1.82, 2.24) is 9.80 Å². The Bertz CT molecular complexity index is 1050. The molecule has 0 aromatic heterocycles. The van der Waals surface area contributed by atoms with Gasteiger partial charge in [0.05, 0.1) is 10.6 Å². The molecule has 2 saturated heterocycles. The third-order valence-corrected chi connectivity index (χ3v) is 5.93. The first-order valence-corrected chi connectivity index (χ1v) is 10.1. The highest BCUT2D eigenvalue weighted by molar-refractivity contribution is 6.19. The average Bonchev–Trinajstić information content (AvgIpc) is 3.07. The van der Waals surface area contributed by atoms with Crippen molar-refractivity contribution < 1.29 is 19.3 Å². The van der Waals surface area contributed by atoms with Crippen LogP contribution < -0.4 is 4.90 Å². The van der Waals surface area contributed by atoms with Gasteiger partial charge >= 0.3 is 6.03 Å². The number of anilines is 1. The molecular weight excluding hydrogens is 400 g/mol. The first-order chi connectivity index (χ1) is 14.9. The summed E-state index contributed by atoms with van der Waals surface area (Å²) in [6.07, 6.45) is 1.09. The van der Waals surface area contributed by atoms with Crippen molar-refractivity contribution in [2.45, 2.75) is 25.8 Å². The number of nitro groups is 1. The third-order valence-electron chi connectivity index (χ3n) is 5.93. The highest BCUT2D eigenvalue weighted by Crippen LogP contribution is 2.28. The van der Waals surface area contributed by atoms with Gasteiger partial charge in [-0.25, -0.2) is 9.69 Å². The summed E-state index contributed by atoms with van der Waals surface area (Å²) in [6, 6.07) is 12.8. The number of piperidine rings is 1. The molecule has 0 radical (unpaired) electrons. The van der Waals surface area contributed by atoms with Gasteiger partial charge in [0.25, 0.3) is 17.5 Å². The Labute approximate surface area is 179 Å². The maximum absolute atomic E-state index is 12.9. The maximum Gasteiger partial charge on any atom is 0.332 e. The zero-order valence-corrected chi connectivity index (χ0v) is 17.1. The second-order valence-electron chi connectivity index (χ2n) is 7.71. The predicted molar refractivity (Wildman–Crippen MR) is 113 cm³/mol. The molecular formula is C22H22N4O5. The first-order valence-electron chi connectivity index (χ1n) is 10.1. The van der Waals surface area contributed by atoms with Crippen LogP contribution in [-0.2, 0) is 4.79 Å².